The molecule has 3 heterocycles. The van der Waals surface area contributed by atoms with Gasteiger partial charge in [0.1, 0.15) is 11.5 Å². The number of hydrogen-bond donors (Lipinski definition) is 0. The third kappa shape index (κ3) is 3.49. The van der Waals surface area contributed by atoms with Crippen LogP contribution in [0.5, 0.6) is 0 Å². The lowest BCUT2D eigenvalue weighted by Gasteiger charge is -2.11. The average Bonchev–Trinajstić information content (AvgIpc) is 2.81. The quantitative estimate of drug-likeness (QED) is 0.665. The number of Topliss-reactive ketones (excluding diaryl/α,β-unsaturated/α-hetero) is 1. The molecule has 0 fully saturated rings. The molecular weight excluding hydrogens is 352 g/mol. The summed E-state index contributed by atoms with van der Waals surface area (Å²) in [6.07, 6.45) is 1.06. The molecule has 5 nitrogen and oxygen atoms in total. The zero-order valence-corrected chi connectivity index (χ0v) is 14.5. The van der Waals surface area contributed by atoms with Crippen molar-refractivity contribution in [3.63, 3.8) is 0 Å². The molecule has 0 amide bonds. The largest absolute Gasteiger partial charge is 0.296 e. The van der Waals surface area contributed by atoms with E-state index >= 15 is 0 Å². The van der Waals surface area contributed by atoms with Gasteiger partial charge in [0.25, 0.3) is 5.56 Å². The Morgan fingerprint density at radius 3 is 2.81 bits per heavy atom. The number of hydrogen-bond acceptors (Lipinski definition) is 4. The van der Waals surface area contributed by atoms with Crippen LogP contribution in [0.4, 0.5) is 8.78 Å². The third-order valence-electron chi connectivity index (χ3n) is 4.83. The van der Waals surface area contributed by atoms with Gasteiger partial charge in [-0.15, -0.1) is 0 Å². The minimum Gasteiger partial charge on any atom is -0.296 e. The fourth-order valence-electron chi connectivity index (χ4n) is 3.34. The molecule has 0 saturated heterocycles. The second kappa shape index (κ2) is 6.64. The first-order valence-corrected chi connectivity index (χ1v) is 8.77. The van der Waals surface area contributed by atoms with Crippen molar-refractivity contribution in [2.45, 2.75) is 38.2 Å². The van der Waals surface area contributed by atoms with Crippen LogP contribution in [0.25, 0.3) is 10.9 Å². The number of pyridine rings is 1. The summed E-state index contributed by atoms with van der Waals surface area (Å²) in [6.45, 7) is -0.0377. The molecule has 1 aromatic carbocycles. The van der Waals surface area contributed by atoms with Crippen LogP contribution in [0.15, 0.2) is 47.4 Å². The standard InChI is InChI=1S/C20H17F2N3O2/c21-20(22)7-6-18-24-16-11-13(12-17(26)15-3-1-2-9-23-15)4-5-14(16)19(27)25(18)10-8-20/h1-5,9,11H,6-8,10,12H2. The van der Waals surface area contributed by atoms with Gasteiger partial charge in [-0.2, -0.15) is 0 Å². The molecule has 1 aliphatic heterocycles. The molecule has 0 atom stereocenters. The summed E-state index contributed by atoms with van der Waals surface area (Å²) in [6, 6.07) is 10.1. The summed E-state index contributed by atoms with van der Waals surface area (Å²) < 4.78 is 28.7. The lowest BCUT2D eigenvalue weighted by molar-refractivity contribution is -0.0153. The predicted molar refractivity (Wildman–Crippen MR) is 96.2 cm³/mol. The molecule has 3 aromatic rings. The molecule has 0 N–H and O–H groups in total. The minimum absolute atomic E-state index is 0.0377. The Bertz CT molecular complexity index is 1080. The van der Waals surface area contributed by atoms with Crippen LogP contribution in [-0.2, 0) is 19.4 Å². The SMILES string of the molecule is O=C(Cc1ccc2c(=O)n3c(nc2c1)CCC(F)(F)CC3)c1ccccn1. The zero-order valence-electron chi connectivity index (χ0n) is 14.5. The van der Waals surface area contributed by atoms with Crippen LogP contribution >= 0.6 is 0 Å². The molecule has 7 heteroatoms. The Kier molecular flexibility index (Phi) is 4.30. The van der Waals surface area contributed by atoms with E-state index in [1.807, 2.05) is 0 Å². The highest BCUT2D eigenvalue weighted by molar-refractivity contribution is 5.96. The van der Waals surface area contributed by atoms with E-state index in [1.165, 1.54) is 4.57 Å². The highest BCUT2D eigenvalue weighted by atomic mass is 19.3. The number of nitrogens with zero attached hydrogens (tertiary/aromatic N) is 3. The first-order valence-electron chi connectivity index (χ1n) is 8.77. The van der Waals surface area contributed by atoms with E-state index in [0.717, 1.165) is 0 Å². The Balaban J connectivity index is 1.69. The summed E-state index contributed by atoms with van der Waals surface area (Å²) in [5.74, 6) is -2.55. The summed E-state index contributed by atoms with van der Waals surface area (Å²) in [4.78, 5) is 33.5. The number of aryl methyl sites for hydroxylation is 1. The zero-order chi connectivity index (χ0) is 19.0. The maximum Gasteiger partial charge on any atom is 0.261 e. The molecule has 0 unspecified atom stereocenters. The van der Waals surface area contributed by atoms with E-state index in [4.69, 9.17) is 0 Å². The summed E-state index contributed by atoms with van der Waals surface area (Å²) in [5.41, 5.74) is 1.20. The first-order chi connectivity index (χ1) is 12.9. The molecule has 138 valence electrons. The highest BCUT2D eigenvalue weighted by Gasteiger charge is 2.32. The van der Waals surface area contributed by atoms with Crippen LogP contribution in [0, 0.1) is 0 Å². The second-order valence-electron chi connectivity index (χ2n) is 6.76. The monoisotopic (exact) mass is 369 g/mol. The van der Waals surface area contributed by atoms with Crippen LogP contribution in [0.3, 0.4) is 0 Å². The van der Waals surface area contributed by atoms with Gasteiger partial charge in [-0.05, 0) is 29.8 Å². The van der Waals surface area contributed by atoms with Gasteiger partial charge < -0.3 is 0 Å². The number of ketones is 1. The third-order valence-corrected chi connectivity index (χ3v) is 4.83. The first kappa shape index (κ1) is 17.5. The summed E-state index contributed by atoms with van der Waals surface area (Å²) in [7, 11) is 0. The highest BCUT2D eigenvalue weighted by Crippen LogP contribution is 2.28. The number of rotatable bonds is 3. The van der Waals surface area contributed by atoms with Gasteiger partial charge in [0, 0.05) is 38.4 Å². The topological polar surface area (TPSA) is 64.8 Å². The summed E-state index contributed by atoms with van der Waals surface area (Å²) in [5, 5.41) is 0.373. The maximum absolute atomic E-state index is 13.7. The summed E-state index contributed by atoms with van der Waals surface area (Å²) >= 11 is 0. The number of benzene rings is 1. The van der Waals surface area contributed by atoms with Gasteiger partial charge in [-0.25, -0.2) is 13.8 Å². The van der Waals surface area contributed by atoms with Crippen molar-refractivity contribution in [3.05, 3.63) is 70.0 Å². The number of carbonyl (C=O) groups excluding carboxylic acids is 1. The van der Waals surface area contributed by atoms with Crippen molar-refractivity contribution < 1.29 is 13.6 Å². The van der Waals surface area contributed by atoms with E-state index < -0.39 is 5.92 Å². The number of alkyl halides is 2. The van der Waals surface area contributed by atoms with Crippen LogP contribution in [-0.4, -0.2) is 26.2 Å². The van der Waals surface area contributed by atoms with E-state index in [-0.39, 0.29) is 43.6 Å². The molecular formula is C20H17F2N3O2. The Labute approximate surface area is 153 Å². The van der Waals surface area contributed by atoms with E-state index in [1.54, 1.807) is 42.6 Å². The van der Waals surface area contributed by atoms with Gasteiger partial charge in [0.2, 0.25) is 5.92 Å². The van der Waals surface area contributed by atoms with E-state index in [2.05, 4.69) is 9.97 Å². The number of carbonyl (C=O) groups is 1. The minimum atomic E-state index is -2.79. The molecule has 2 aromatic heterocycles. The fraction of sp³-hybridized carbons (Fsp3) is 0.300. The normalized spacial score (nSPS) is 15.9. The smallest absolute Gasteiger partial charge is 0.261 e. The Hall–Kier alpha value is -2.96. The van der Waals surface area contributed by atoms with Crippen molar-refractivity contribution >= 4 is 16.7 Å². The molecule has 0 spiro atoms. The Morgan fingerprint density at radius 2 is 2.04 bits per heavy atom. The van der Waals surface area contributed by atoms with Crippen molar-refractivity contribution in [1.82, 2.24) is 14.5 Å². The van der Waals surface area contributed by atoms with Crippen LogP contribution < -0.4 is 5.56 Å². The molecule has 0 saturated carbocycles. The Morgan fingerprint density at radius 1 is 1.19 bits per heavy atom. The van der Waals surface area contributed by atoms with Crippen molar-refractivity contribution in [2.75, 3.05) is 0 Å². The lowest BCUT2D eigenvalue weighted by Crippen LogP contribution is -2.25. The van der Waals surface area contributed by atoms with Crippen LogP contribution in [0.1, 0.15) is 34.7 Å². The van der Waals surface area contributed by atoms with E-state index in [0.29, 0.717) is 28.0 Å². The number of fused-ring (bicyclic) bond motifs is 2. The number of halogens is 2. The average molecular weight is 369 g/mol. The predicted octanol–water partition coefficient (Wildman–Crippen LogP) is 3.19. The van der Waals surface area contributed by atoms with Gasteiger partial charge in [-0.3, -0.25) is 19.1 Å². The fourth-order valence-corrected chi connectivity index (χ4v) is 3.34. The van der Waals surface area contributed by atoms with Gasteiger partial charge in [-0.1, -0.05) is 12.1 Å². The van der Waals surface area contributed by atoms with Gasteiger partial charge in [0.05, 0.1) is 10.9 Å². The second-order valence-corrected chi connectivity index (χ2v) is 6.76. The van der Waals surface area contributed by atoms with Gasteiger partial charge in [0.15, 0.2) is 5.78 Å². The molecule has 1 aliphatic rings. The molecule has 0 bridgehead atoms. The van der Waals surface area contributed by atoms with Crippen molar-refractivity contribution in [3.8, 4) is 0 Å². The van der Waals surface area contributed by atoms with Crippen molar-refractivity contribution in [1.29, 1.82) is 0 Å². The van der Waals surface area contributed by atoms with Gasteiger partial charge >= 0.3 is 0 Å². The molecule has 27 heavy (non-hydrogen) atoms. The number of aromatic nitrogens is 3. The van der Waals surface area contributed by atoms with Crippen LogP contribution in [0.2, 0.25) is 0 Å². The molecule has 0 radical (unpaired) electrons. The maximum atomic E-state index is 13.7. The van der Waals surface area contributed by atoms with E-state index in [9.17, 15) is 18.4 Å². The molecule has 4 rings (SSSR count). The van der Waals surface area contributed by atoms with Crippen molar-refractivity contribution in [2.24, 2.45) is 0 Å². The lowest BCUT2D eigenvalue weighted by atomic mass is 10.0. The molecule has 0 aliphatic carbocycles.